The summed E-state index contributed by atoms with van der Waals surface area (Å²) in [5.41, 5.74) is 2.22. The van der Waals surface area contributed by atoms with E-state index in [0.29, 0.717) is 16.9 Å². The number of nitrogens with one attached hydrogen (secondary N) is 2. The Morgan fingerprint density at radius 1 is 0.964 bits per heavy atom. The fraction of sp³-hybridized carbons (Fsp3) is 0.190. The molecule has 0 aliphatic carbocycles. The van der Waals surface area contributed by atoms with Gasteiger partial charge < -0.3 is 20.1 Å². The molecule has 1 aliphatic rings. The first kappa shape index (κ1) is 19.2. The summed E-state index contributed by atoms with van der Waals surface area (Å²) in [7, 11) is 0. The minimum Gasteiger partial charge on any atom is -0.419 e. The zero-order valence-corrected chi connectivity index (χ0v) is 15.7. The Balaban J connectivity index is 1.79. The molecular formula is C21H20N2O5. The van der Waals surface area contributed by atoms with Crippen LogP contribution in [0.2, 0.25) is 0 Å². The highest BCUT2D eigenvalue weighted by Gasteiger charge is 2.39. The van der Waals surface area contributed by atoms with Crippen molar-refractivity contribution in [3.63, 3.8) is 0 Å². The first-order chi connectivity index (χ1) is 13.2. The van der Waals surface area contributed by atoms with Crippen molar-refractivity contribution in [1.82, 2.24) is 0 Å². The maximum atomic E-state index is 12.6. The molecule has 2 aromatic rings. The van der Waals surface area contributed by atoms with Crippen molar-refractivity contribution in [2.45, 2.75) is 26.6 Å². The van der Waals surface area contributed by atoms with Crippen molar-refractivity contribution in [3.8, 4) is 0 Å². The SMILES string of the molecule is Cc1ccc(NC(=O)c2ccccc2NC=C2C(=O)OC(C)(C)OC2=O)cc1. The van der Waals surface area contributed by atoms with Crippen LogP contribution in [-0.4, -0.2) is 23.6 Å². The summed E-state index contributed by atoms with van der Waals surface area (Å²) in [6.07, 6.45) is 1.18. The predicted molar refractivity (Wildman–Crippen MR) is 104 cm³/mol. The average Bonchev–Trinajstić information content (AvgIpc) is 2.62. The highest BCUT2D eigenvalue weighted by atomic mass is 16.7. The number of benzene rings is 2. The molecule has 0 atom stereocenters. The Labute approximate surface area is 162 Å². The predicted octanol–water partition coefficient (Wildman–Crippen LogP) is 3.38. The Morgan fingerprint density at radius 2 is 1.57 bits per heavy atom. The van der Waals surface area contributed by atoms with E-state index in [0.717, 1.165) is 5.56 Å². The van der Waals surface area contributed by atoms with Crippen molar-refractivity contribution in [3.05, 3.63) is 71.4 Å². The summed E-state index contributed by atoms with van der Waals surface area (Å²) in [6.45, 7) is 4.90. The molecule has 3 rings (SSSR count). The van der Waals surface area contributed by atoms with Crippen LogP contribution < -0.4 is 10.6 Å². The smallest absolute Gasteiger partial charge is 0.350 e. The standard InChI is InChI=1S/C21H20N2O5/c1-13-8-10-14(11-9-13)23-18(24)15-6-4-5-7-17(15)22-12-16-19(25)27-21(2,3)28-20(16)26/h4-12,22H,1-3H3,(H,23,24). The van der Waals surface area contributed by atoms with Gasteiger partial charge in [0.25, 0.3) is 11.7 Å². The number of ether oxygens (including phenoxy) is 2. The van der Waals surface area contributed by atoms with Gasteiger partial charge in [0.05, 0.1) is 11.3 Å². The second-order valence-electron chi connectivity index (χ2n) is 6.75. The minimum absolute atomic E-state index is 0.284. The highest BCUT2D eigenvalue weighted by Crippen LogP contribution is 2.23. The number of amides is 1. The zero-order valence-electron chi connectivity index (χ0n) is 15.7. The third-order valence-electron chi connectivity index (χ3n) is 3.97. The van der Waals surface area contributed by atoms with Crippen LogP contribution in [0.3, 0.4) is 0 Å². The number of carbonyl (C=O) groups is 3. The summed E-state index contributed by atoms with van der Waals surface area (Å²) in [5, 5.41) is 5.63. The molecule has 0 saturated carbocycles. The number of para-hydroxylation sites is 1. The average molecular weight is 380 g/mol. The maximum absolute atomic E-state index is 12.6. The number of hydrogen-bond acceptors (Lipinski definition) is 6. The molecule has 0 aromatic heterocycles. The molecule has 7 heteroatoms. The van der Waals surface area contributed by atoms with Crippen LogP contribution in [0.1, 0.15) is 29.8 Å². The van der Waals surface area contributed by atoms with Crippen molar-refractivity contribution in [2.24, 2.45) is 0 Å². The minimum atomic E-state index is -1.31. The number of hydrogen-bond donors (Lipinski definition) is 2. The summed E-state index contributed by atoms with van der Waals surface area (Å²) < 4.78 is 10.1. The summed E-state index contributed by atoms with van der Waals surface area (Å²) in [5.74, 6) is -3.23. The molecule has 2 aromatic carbocycles. The molecule has 2 N–H and O–H groups in total. The van der Waals surface area contributed by atoms with E-state index in [1.54, 1.807) is 36.4 Å². The van der Waals surface area contributed by atoms with Crippen LogP contribution in [0, 0.1) is 6.92 Å². The third kappa shape index (κ3) is 4.37. The molecule has 7 nitrogen and oxygen atoms in total. The molecule has 0 bridgehead atoms. The molecular weight excluding hydrogens is 360 g/mol. The van der Waals surface area contributed by atoms with Crippen molar-refractivity contribution in [1.29, 1.82) is 0 Å². The van der Waals surface area contributed by atoms with E-state index < -0.39 is 17.7 Å². The van der Waals surface area contributed by atoms with E-state index in [2.05, 4.69) is 10.6 Å². The van der Waals surface area contributed by atoms with Gasteiger partial charge in [0.1, 0.15) is 0 Å². The van der Waals surface area contributed by atoms with Gasteiger partial charge in [0.15, 0.2) is 5.57 Å². The fourth-order valence-electron chi connectivity index (χ4n) is 2.57. The molecule has 1 aliphatic heterocycles. The Bertz CT molecular complexity index is 939. The van der Waals surface area contributed by atoms with Crippen LogP contribution >= 0.6 is 0 Å². The van der Waals surface area contributed by atoms with Crippen LogP contribution in [0.4, 0.5) is 11.4 Å². The summed E-state index contributed by atoms with van der Waals surface area (Å²) in [4.78, 5) is 36.7. The molecule has 1 amide bonds. The van der Waals surface area contributed by atoms with Crippen LogP contribution in [-0.2, 0) is 19.1 Å². The second-order valence-corrected chi connectivity index (χ2v) is 6.75. The van der Waals surface area contributed by atoms with Gasteiger partial charge in [-0.15, -0.1) is 0 Å². The van der Waals surface area contributed by atoms with Crippen molar-refractivity contribution >= 4 is 29.2 Å². The van der Waals surface area contributed by atoms with Crippen LogP contribution in [0.15, 0.2) is 60.3 Å². The third-order valence-corrected chi connectivity index (χ3v) is 3.97. The van der Waals surface area contributed by atoms with Gasteiger partial charge in [0.2, 0.25) is 0 Å². The number of esters is 2. The zero-order chi connectivity index (χ0) is 20.3. The van der Waals surface area contributed by atoms with Gasteiger partial charge in [-0.25, -0.2) is 9.59 Å². The largest absolute Gasteiger partial charge is 0.419 e. The van der Waals surface area contributed by atoms with Gasteiger partial charge in [-0.2, -0.15) is 0 Å². The molecule has 0 radical (unpaired) electrons. The van der Waals surface area contributed by atoms with E-state index in [9.17, 15) is 14.4 Å². The lowest BCUT2D eigenvalue weighted by Crippen LogP contribution is -2.42. The van der Waals surface area contributed by atoms with E-state index in [-0.39, 0.29) is 11.5 Å². The van der Waals surface area contributed by atoms with Gasteiger partial charge in [-0.05, 0) is 31.2 Å². The van der Waals surface area contributed by atoms with Crippen LogP contribution in [0.25, 0.3) is 0 Å². The summed E-state index contributed by atoms with van der Waals surface area (Å²) in [6, 6.07) is 14.1. The molecule has 28 heavy (non-hydrogen) atoms. The molecule has 0 unspecified atom stereocenters. The quantitative estimate of drug-likeness (QED) is 0.480. The van der Waals surface area contributed by atoms with Crippen molar-refractivity contribution in [2.75, 3.05) is 10.6 Å². The normalized spacial score (nSPS) is 15.3. The number of carbonyl (C=O) groups excluding carboxylic acids is 3. The number of aryl methyl sites for hydroxylation is 1. The van der Waals surface area contributed by atoms with Crippen LogP contribution in [0.5, 0.6) is 0 Å². The van der Waals surface area contributed by atoms with E-state index >= 15 is 0 Å². The number of cyclic esters (lactones) is 2. The molecule has 144 valence electrons. The number of anilines is 2. The molecule has 1 saturated heterocycles. The number of rotatable bonds is 4. The Hall–Kier alpha value is -3.61. The fourth-order valence-corrected chi connectivity index (χ4v) is 2.57. The molecule has 0 spiro atoms. The lowest BCUT2D eigenvalue weighted by Gasteiger charge is -2.29. The second kappa shape index (κ2) is 7.56. The molecule has 1 heterocycles. The van der Waals surface area contributed by atoms with Gasteiger partial charge in [-0.1, -0.05) is 29.8 Å². The topological polar surface area (TPSA) is 93.7 Å². The first-order valence-corrected chi connectivity index (χ1v) is 8.65. The lowest BCUT2D eigenvalue weighted by molar-refractivity contribution is -0.222. The van der Waals surface area contributed by atoms with Gasteiger partial charge in [0, 0.05) is 25.7 Å². The maximum Gasteiger partial charge on any atom is 0.350 e. The Kier molecular flexibility index (Phi) is 5.17. The van der Waals surface area contributed by atoms with Gasteiger partial charge >= 0.3 is 11.9 Å². The first-order valence-electron chi connectivity index (χ1n) is 8.65. The van der Waals surface area contributed by atoms with E-state index in [1.807, 2.05) is 19.1 Å². The van der Waals surface area contributed by atoms with E-state index in [1.165, 1.54) is 20.0 Å². The van der Waals surface area contributed by atoms with Crippen molar-refractivity contribution < 1.29 is 23.9 Å². The monoisotopic (exact) mass is 380 g/mol. The lowest BCUT2D eigenvalue weighted by atomic mass is 10.1. The van der Waals surface area contributed by atoms with Gasteiger partial charge in [-0.3, -0.25) is 4.79 Å². The highest BCUT2D eigenvalue weighted by molar-refractivity contribution is 6.15. The summed E-state index contributed by atoms with van der Waals surface area (Å²) >= 11 is 0. The molecule has 1 fully saturated rings. The Morgan fingerprint density at radius 3 is 2.21 bits per heavy atom. The van der Waals surface area contributed by atoms with E-state index in [4.69, 9.17) is 9.47 Å².